The third kappa shape index (κ3) is 12.5. The van der Waals surface area contributed by atoms with Gasteiger partial charge < -0.3 is 5.73 Å². The topological polar surface area (TPSA) is 26.0 Å². The fraction of sp³-hybridized carbons (Fsp3) is 1.00. The lowest BCUT2D eigenvalue weighted by molar-refractivity contribution is 0.200. The van der Waals surface area contributed by atoms with Gasteiger partial charge in [-0.1, -0.05) is 98.3 Å². The Morgan fingerprint density at radius 1 is 0.609 bits per heavy atom. The smallest absolute Gasteiger partial charge is 0.0182 e. The molecule has 0 aromatic carbocycles. The van der Waals surface area contributed by atoms with Gasteiger partial charge in [-0.15, -0.1) is 17.0 Å². The van der Waals surface area contributed by atoms with E-state index in [-0.39, 0.29) is 22.5 Å². The first-order chi connectivity index (χ1) is 10.6. The molecule has 2 N–H and O–H groups in total. The highest BCUT2D eigenvalue weighted by molar-refractivity contribution is 8.93. The van der Waals surface area contributed by atoms with E-state index in [1.807, 2.05) is 0 Å². The molecule has 0 saturated carbocycles. The first-order valence-corrected chi connectivity index (χ1v) is 10.4. The van der Waals surface area contributed by atoms with Crippen molar-refractivity contribution in [2.24, 2.45) is 11.7 Å². The fourth-order valence-electron chi connectivity index (χ4n) is 4.06. The Kier molecular flexibility index (Phi) is 19.3. The molecule has 1 unspecified atom stereocenters. The maximum absolute atomic E-state index is 6.85. The predicted molar refractivity (Wildman–Crippen MR) is 113 cm³/mol. The van der Waals surface area contributed by atoms with Crippen LogP contribution in [0.25, 0.3) is 0 Å². The summed E-state index contributed by atoms with van der Waals surface area (Å²) in [4.78, 5) is 0. The van der Waals surface area contributed by atoms with Crippen LogP contribution in [0.4, 0.5) is 0 Å². The maximum Gasteiger partial charge on any atom is 0.0182 e. The molecular formula is C21H46BrN. The molecule has 0 aliphatic rings. The molecule has 0 bridgehead atoms. The monoisotopic (exact) mass is 391 g/mol. The van der Waals surface area contributed by atoms with Crippen LogP contribution in [0, 0.1) is 5.92 Å². The molecule has 0 heterocycles. The van der Waals surface area contributed by atoms with Gasteiger partial charge in [0.25, 0.3) is 0 Å². The summed E-state index contributed by atoms with van der Waals surface area (Å²) in [5.74, 6) is 0.748. The van der Waals surface area contributed by atoms with Gasteiger partial charge >= 0.3 is 0 Å². The number of hydrogen-bond donors (Lipinski definition) is 1. The van der Waals surface area contributed by atoms with Crippen LogP contribution in [0.3, 0.4) is 0 Å². The van der Waals surface area contributed by atoms with Crippen LogP contribution < -0.4 is 5.73 Å². The third-order valence-corrected chi connectivity index (χ3v) is 5.29. The number of rotatable bonds is 16. The van der Waals surface area contributed by atoms with E-state index >= 15 is 0 Å². The highest BCUT2D eigenvalue weighted by Crippen LogP contribution is 2.33. The average molecular weight is 393 g/mol. The number of nitrogens with two attached hydrogens (primary N) is 1. The molecule has 142 valence electrons. The summed E-state index contributed by atoms with van der Waals surface area (Å²) < 4.78 is 0. The predicted octanol–water partition coefficient (Wildman–Crippen LogP) is 7.81. The molecule has 0 rings (SSSR count). The second kappa shape index (κ2) is 17.3. The van der Waals surface area contributed by atoms with E-state index < -0.39 is 0 Å². The van der Waals surface area contributed by atoms with Gasteiger partial charge in [-0.05, 0) is 31.6 Å². The second-order valence-electron chi connectivity index (χ2n) is 7.48. The minimum Gasteiger partial charge on any atom is -0.325 e. The molecule has 0 saturated heterocycles. The zero-order valence-corrected chi connectivity index (χ0v) is 18.4. The second-order valence-corrected chi connectivity index (χ2v) is 7.48. The lowest BCUT2D eigenvalue weighted by Gasteiger charge is -2.38. The normalized spacial score (nSPS) is 12.9. The van der Waals surface area contributed by atoms with Crippen molar-refractivity contribution in [2.75, 3.05) is 0 Å². The lowest BCUT2D eigenvalue weighted by atomic mass is 9.73. The van der Waals surface area contributed by atoms with Crippen molar-refractivity contribution in [3.8, 4) is 0 Å². The van der Waals surface area contributed by atoms with E-state index in [9.17, 15) is 0 Å². The van der Waals surface area contributed by atoms with Gasteiger partial charge in [-0.25, -0.2) is 0 Å². The van der Waals surface area contributed by atoms with Gasteiger partial charge in [0.05, 0.1) is 0 Å². The van der Waals surface area contributed by atoms with E-state index in [0.717, 1.165) is 5.92 Å². The summed E-state index contributed by atoms with van der Waals surface area (Å²) in [6.45, 7) is 9.19. The van der Waals surface area contributed by atoms with Crippen molar-refractivity contribution in [1.29, 1.82) is 0 Å². The molecule has 0 spiro atoms. The highest BCUT2D eigenvalue weighted by Gasteiger charge is 2.31. The summed E-state index contributed by atoms with van der Waals surface area (Å²) in [7, 11) is 0. The average Bonchev–Trinajstić information content (AvgIpc) is 2.49. The summed E-state index contributed by atoms with van der Waals surface area (Å²) in [6.07, 6.45) is 20.2. The van der Waals surface area contributed by atoms with Crippen molar-refractivity contribution in [1.82, 2.24) is 0 Å². The van der Waals surface area contributed by atoms with Gasteiger partial charge in [-0.2, -0.15) is 0 Å². The van der Waals surface area contributed by atoms with Gasteiger partial charge in [0.1, 0.15) is 0 Å². The Morgan fingerprint density at radius 2 is 1.09 bits per heavy atom. The van der Waals surface area contributed by atoms with E-state index in [1.165, 1.54) is 96.3 Å². The third-order valence-electron chi connectivity index (χ3n) is 5.29. The van der Waals surface area contributed by atoms with Crippen molar-refractivity contribution < 1.29 is 0 Å². The Hall–Kier alpha value is 0.440. The summed E-state index contributed by atoms with van der Waals surface area (Å²) in [5.41, 5.74) is 6.96. The minimum atomic E-state index is 0. The molecule has 1 nitrogen and oxygen atoms in total. The number of halogens is 1. The quantitative estimate of drug-likeness (QED) is 0.266. The number of unbranched alkanes of at least 4 members (excludes halogenated alkanes) is 7. The fourth-order valence-corrected chi connectivity index (χ4v) is 4.06. The van der Waals surface area contributed by atoms with Gasteiger partial charge in [-0.3, -0.25) is 0 Å². The molecule has 0 fully saturated rings. The van der Waals surface area contributed by atoms with Crippen LogP contribution in [0.1, 0.15) is 124 Å². The van der Waals surface area contributed by atoms with Crippen molar-refractivity contribution >= 4 is 17.0 Å². The summed E-state index contributed by atoms with van der Waals surface area (Å²) >= 11 is 0. The Bertz CT molecular complexity index is 224. The Balaban J connectivity index is 0. The zero-order chi connectivity index (χ0) is 16.7. The van der Waals surface area contributed by atoms with Gasteiger partial charge in [0, 0.05) is 5.54 Å². The van der Waals surface area contributed by atoms with E-state index in [1.54, 1.807) is 0 Å². The molecule has 0 amide bonds. The molecular weight excluding hydrogens is 346 g/mol. The van der Waals surface area contributed by atoms with Crippen LogP contribution in [0.15, 0.2) is 0 Å². The summed E-state index contributed by atoms with van der Waals surface area (Å²) in [5, 5.41) is 0. The largest absolute Gasteiger partial charge is 0.325 e. The van der Waals surface area contributed by atoms with Crippen LogP contribution in [0.2, 0.25) is 0 Å². The summed E-state index contributed by atoms with van der Waals surface area (Å²) in [6, 6.07) is 0. The first kappa shape index (κ1) is 25.7. The standard InChI is InChI=1S/C21H45N.BrH/c1-5-9-10-11-12-13-14-15-17-20(16-6-2)21(22,18-7-3)19-8-4;/h20H,5-19,22H2,1-4H3;1H. The maximum atomic E-state index is 6.85. The van der Waals surface area contributed by atoms with Crippen LogP contribution in [0.5, 0.6) is 0 Å². The minimum absolute atomic E-state index is 0. The van der Waals surface area contributed by atoms with Crippen molar-refractivity contribution in [3.63, 3.8) is 0 Å². The number of hydrogen-bond acceptors (Lipinski definition) is 1. The molecule has 0 aliphatic heterocycles. The molecule has 23 heavy (non-hydrogen) atoms. The SMILES string of the molecule is Br.CCCCCCCCCCC(CCC)C(N)(CCC)CCC. The molecule has 0 aromatic heterocycles. The van der Waals surface area contributed by atoms with Crippen LogP contribution in [-0.2, 0) is 0 Å². The Labute approximate surface area is 158 Å². The van der Waals surface area contributed by atoms with E-state index in [2.05, 4.69) is 27.7 Å². The molecule has 0 aliphatic carbocycles. The van der Waals surface area contributed by atoms with Gasteiger partial charge in [0.15, 0.2) is 0 Å². The van der Waals surface area contributed by atoms with Gasteiger partial charge in [0.2, 0.25) is 0 Å². The van der Waals surface area contributed by atoms with Crippen LogP contribution in [-0.4, -0.2) is 5.54 Å². The molecule has 0 radical (unpaired) electrons. The van der Waals surface area contributed by atoms with Crippen LogP contribution >= 0.6 is 17.0 Å². The van der Waals surface area contributed by atoms with E-state index in [0.29, 0.717) is 0 Å². The Morgan fingerprint density at radius 3 is 1.52 bits per heavy atom. The molecule has 2 heteroatoms. The van der Waals surface area contributed by atoms with Crippen molar-refractivity contribution in [2.45, 2.75) is 130 Å². The zero-order valence-electron chi connectivity index (χ0n) is 16.7. The first-order valence-electron chi connectivity index (χ1n) is 10.4. The molecule has 1 atom stereocenters. The van der Waals surface area contributed by atoms with Crippen molar-refractivity contribution in [3.05, 3.63) is 0 Å². The highest BCUT2D eigenvalue weighted by atomic mass is 79.9. The van der Waals surface area contributed by atoms with E-state index in [4.69, 9.17) is 5.73 Å². The lowest BCUT2D eigenvalue weighted by Crippen LogP contribution is -2.47. The molecule has 0 aromatic rings.